The molecule has 2 aromatic carbocycles. The second-order valence-electron chi connectivity index (χ2n) is 7.74. The number of thiophene rings is 1. The Morgan fingerprint density at radius 3 is 2.81 bits per heavy atom. The number of hydrogen-bond donors (Lipinski definition) is 2. The van der Waals surface area contributed by atoms with Crippen molar-refractivity contribution < 1.29 is 14.0 Å². The summed E-state index contributed by atoms with van der Waals surface area (Å²) < 4.78 is 14.0. The minimum Gasteiger partial charge on any atom is -0.368 e. The molecule has 164 valence electrons. The molecular weight excluding hydrogens is 425 g/mol. The van der Waals surface area contributed by atoms with Gasteiger partial charge in [-0.05, 0) is 61.4 Å². The molecule has 1 aromatic heterocycles. The van der Waals surface area contributed by atoms with Crippen molar-refractivity contribution in [3.05, 3.63) is 83.0 Å². The zero-order valence-corrected chi connectivity index (χ0v) is 18.3. The first-order valence-corrected chi connectivity index (χ1v) is 11.3. The monoisotopic (exact) mass is 449 g/mol. The number of carbonyl (C=O) groups excluding carboxylic acids is 2. The van der Waals surface area contributed by atoms with E-state index in [1.54, 1.807) is 24.3 Å². The molecule has 4 rings (SSSR count). The highest BCUT2D eigenvalue weighted by Gasteiger charge is 2.28. The molecule has 0 radical (unpaired) electrons. The number of amides is 2. The normalized spacial score (nSPS) is 16.5. The number of hydrogen-bond acceptors (Lipinski definition) is 4. The van der Waals surface area contributed by atoms with Gasteiger partial charge in [0.15, 0.2) is 0 Å². The van der Waals surface area contributed by atoms with E-state index in [4.69, 9.17) is 5.73 Å². The van der Waals surface area contributed by atoms with Crippen LogP contribution in [0, 0.1) is 5.82 Å². The molecule has 0 aliphatic carbocycles. The Balaban J connectivity index is 1.37. The minimum absolute atomic E-state index is 0.226. The SMILES string of the molecule is NC(=O)C1CCCN1Cc1cccc(NC(=O)/C=C/c2ccc(-c3ccccc3F)s2)c1. The molecule has 1 unspecified atom stereocenters. The first-order valence-electron chi connectivity index (χ1n) is 10.5. The fourth-order valence-electron chi connectivity index (χ4n) is 3.91. The van der Waals surface area contributed by atoms with Crippen molar-refractivity contribution in [2.24, 2.45) is 5.73 Å². The molecule has 0 spiro atoms. The molecule has 1 aliphatic heterocycles. The summed E-state index contributed by atoms with van der Waals surface area (Å²) in [6, 6.07) is 17.7. The van der Waals surface area contributed by atoms with Crippen LogP contribution in [-0.2, 0) is 16.1 Å². The van der Waals surface area contributed by atoms with Crippen molar-refractivity contribution in [3.63, 3.8) is 0 Å². The number of likely N-dealkylation sites (tertiary alicyclic amines) is 1. The maximum absolute atomic E-state index is 14.0. The highest BCUT2D eigenvalue weighted by Crippen LogP contribution is 2.30. The average molecular weight is 450 g/mol. The van der Waals surface area contributed by atoms with Crippen LogP contribution in [-0.4, -0.2) is 29.3 Å². The molecular formula is C25H24FN3O2S. The number of anilines is 1. The van der Waals surface area contributed by atoms with Crippen molar-refractivity contribution in [2.45, 2.75) is 25.4 Å². The van der Waals surface area contributed by atoms with Crippen molar-refractivity contribution in [3.8, 4) is 10.4 Å². The van der Waals surface area contributed by atoms with Gasteiger partial charge in [-0.25, -0.2) is 4.39 Å². The van der Waals surface area contributed by atoms with E-state index < -0.39 is 0 Å². The van der Waals surface area contributed by atoms with Crippen molar-refractivity contribution >= 4 is 34.9 Å². The third-order valence-corrected chi connectivity index (χ3v) is 6.52. The Morgan fingerprint density at radius 2 is 2.00 bits per heavy atom. The molecule has 0 bridgehead atoms. The third-order valence-electron chi connectivity index (χ3n) is 5.44. The Hall–Kier alpha value is -3.29. The van der Waals surface area contributed by atoms with E-state index in [0.717, 1.165) is 34.7 Å². The van der Waals surface area contributed by atoms with Gasteiger partial charge in [-0.2, -0.15) is 0 Å². The summed E-state index contributed by atoms with van der Waals surface area (Å²) in [5.74, 6) is -0.804. The number of nitrogens with one attached hydrogen (secondary N) is 1. The van der Waals surface area contributed by atoms with Gasteiger partial charge in [-0.15, -0.1) is 11.3 Å². The van der Waals surface area contributed by atoms with Crippen LogP contribution in [0.3, 0.4) is 0 Å². The molecule has 7 heteroatoms. The summed E-state index contributed by atoms with van der Waals surface area (Å²) in [6.07, 6.45) is 4.93. The van der Waals surface area contributed by atoms with E-state index >= 15 is 0 Å². The highest BCUT2D eigenvalue weighted by atomic mass is 32.1. The van der Waals surface area contributed by atoms with E-state index in [9.17, 15) is 14.0 Å². The maximum Gasteiger partial charge on any atom is 0.248 e. The summed E-state index contributed by atoms with van der Waals surface area (Å²) in [5, 5.41) is 2.87. The van der Waals surface area contributed by atoms with E-state index in [2.05, 4.69) is 10.2 Å². The zero-order chi connectivity index (χ0) is 22.5. The van der Waals surface area contributed by atoms with Crippen molar-refractivity contribution in [1.82, 2.24) is 4.90 Å². The molecule has 1 saturated heterocycles. The first kappa shape index (κ1) is 21.9. The van der Waals surface area contributed by atoms with Gasteiger partial charge < -0.3 is 11.1 Å². The Morgan fingerprint density at radius 1 is 1.16 bits per heavy atom. The number of nitrogens with two attached hydrogens (primary N) is 1. The minimum atomic E-state index is -0.288. The lowest BCUT2D eigenvalue weighted by Gasteiger charge is -2.22. The molecule has 5 nitrogen and oxygen atoms in total. The quantitative estimate of drug-likeness (QED) is 0.516. The van der Waals surface area contributed by atoms with E-state index in [1.165, 1.54) is 23.5 Å². The van der Waals surface area contributed by atoms with Gasteiger partial charge in [0.25, 0.3) is 0 Å². The summed E-state index contributed by atoms with van der Waals surface area (Å²) in [6.45, 7) is 1.45. The van der Waals surface area contributed by atoms with Gasteiger partial charge in [-0.1, -0.05) is 30.3 Å². The van der Waals surface area contributed by atoms with Gasteiger partial charge in [0.05, 0.1) is 6.04 Å². The smallest absolute Gasteiger partial charge is 0.248 e. The third kappa shape index (κ3) is 5.30. The van der Waals surface area contributed by atoms with Crippen LogP contribution in [0.5, 0.6) is 0 Å². The van der Waals surface area contributed by atoms with E-state index in [-0.39, 0.29) is 23.7 Å². The number of primary amides is 1. The maximum atomic E-state index is 14.0. The number of halogens is 1. The van der Waals surface area contributed by atoms with Crippen LogP contribution in [0.15, 0.2) is 66.7 Å². The van der Waals surface area contributed by atoms with Crippen LogP contribution in [0.1, 0.15) is 23.3 Å². The van der Waals surface area contributed by atoms with Gasteiger partial charge in [-0.3, -0.25) is 14.5 Å². The van der Waals surface area contributed by atoms with Gasteiger partial charge in [0.2, 0.25) is 11.8 Å². The number of benzene rings is 2. The van der Waals surface area contributed by atoms with Crippen LogP contribution in [0.2, 0.25) is 0 Å². The second kappa shape index (κ2) is 9.89. The lowest BCUT2D eigenvalue weighted by molar-refractivity contribution is -0.122. The lowest BCUT2D eigenvalue weighted by atomic mass is 10.1. The fourth-order valence-corrected chi connectivity index (χ4v) is 4.85. The molecule has 1 atom stereocenters. The summed E-state index contributed by atoms with van der Waals surface area (Å²) in [4.78, 5) is 27.7. The molecule has 0 saturated carbocycles. The van der Waals surface area contributed by atoms with Crippen LogP contribution >= 0.6 is 11.3 Å². The summed E-state index contributed by atoms with van der Waals surface area (Å²) >= 11 is 1.42. The molecule has 2 heterocycles. The Kier molecular flexibility index (Phi) is 6.78. The van der Waals surface area contributed by atoms with Crippen LogP contribution in [0.4, 0.5) is 10.1 Å². The summed E-state index contributed by atoms with van der Waals surface area (Å²) in [7, 11) is 0. The number of carbonyl (C=O) groups is 2. The fraction of sp³-hybridized carbons (Fsp3) is 0.200. The van der Waals surface area contributed by atoms with Gasteiger partial charge >= 0.3 is 0 Å². The van der Waals surface area contributed by atoms with Crippen molar-refractivity contribution in [1.29, 1.82) is 0 Å². The largest absolute Gasteiger partial charge is 0.368 e. The van der Waals surface area contributed by atoms with Crippen LogP contribution in [0.25, 0.3) is 16.5 Å². The Labute approximate surface area is 190 Å². The first-order chi connectivity index (χ1) is 15.5. The van der Waals surface area contributed by atoms with Gasteiger partial charge in [0, 0.05) is 33.6 Å². The molecule has 2 amide bonds. The predicted molar refractivity (Wildman–Crippen MR) is 126 cm³/mol. The summed E-state index contributed by atoms with van der Waals surface area (Å²) in [5.41, 5.74) is 7.74. The average Bonchev–Trinajstić information content (AvgIpc) is 3.43. The molecule has 1 aliphatic rings. The van der Waals surface area contributed by atoms with Gasteiger partial charge in [0.1, 0.15) is 5.82 Å². The Bertz CT molecular complexity index is 1160. The zero-order valence-electron chi connectivity index (χ0n) is 17.5. The molecule has 32 heavy (non-hydrogen) atoms. The predicted octanol–water partition coefficient (Wildman–Crippen LogP) is 4.66. The standard InChI is InChI=1S/C25H24FN3O2S/c26-21-8-2-1-7-20(21)23-12-10-19(32-23)11-13-24(30)28-18-6-3-5-17(15-18)16-29-14-4-9-22(29)25(27)31/h1-3,5-8,10-13,15,22H,4,9,14,16H2,(H2,27,31)(H,28,30)/b13-11+. The van der Waals surface area contributed by atoms with E-state index in [0.29, 0.717) is 17.8 Å². The van der Waals surface area contributed by atoms with Crippen LogP contribution < -0.4 is 11.1 Å². The molecule has 1 fully saturated rings. The second-order valence-corrected chi connectivity index (χ2v) is 8.85. The molecule has 3 aromatic rings. The lowest BCUT2D eigenvalue weighted by Crippen LogP contribution is -2.39. The number of rotatable bonds is 7. The molecule has 3 N–H and O–H groups in total. The van der Waals surface area contributed by atoms with Crippen molar-refractivity contribution in [2.75, 3.05) is 11.9 Å². The van der Waals surface area contributed by atoms with E-state index in [1.807, 2.05) is 36.4 Å². The highest BCUT2D eigenvalue weighted by molar-refractivity contribution is 7.16. The topological polar surface area (TPSA) is 75.4 Å². The number of nitrogens with zero attached hydrogens (tertiary/aromatic N) is 1.